The van der Waals surface area contributed by atoms with Gasteiger partial charge in [-0.05, 0) is 38.1 Å². The summed E-state index contributed by atoms with van der Waals surface area (Å²) in [6, 6.07) is 5.66. The molecular formula is C16H27N3O2. The summed E-state index contributed by atoms with van der Waals surface area (Å²) in [5, 5.41) is 0. The maximum absolute atomic E-state index is 11.9. The van der Waals surface area contributed by atoms with E-state index in [2.05, 4.69) is 11.8 Å². The molecule has 118 valence electrons. The van der Waals surface area contributed by atoms with Crippen molar-refractivity contribution in [3.63, 3.8) is 0 Å². The van der Waals surface area contributed by atoms with Crippen LogP contribution in [0.4, 0.5) is 5.69 Å². The minimum absolute atomic E-state index is 0.102. The molecule has 0 aliphatic heterocycles. The van der Waals surface area contributed by atoms with Crippen molar-refractivity contribution in [1.29, 1.82) is 0 Å². The number of likely N-dealkylation sites (N-methyl/N-ethyl adjacent to an activating group) is 1. The SMILES string of the molecule is CCCN(CC(=O)N(C)C)Cc1cc(N)ccc1OCC. The van der Waals surface area contributed by atoms with Crippen molar-refractivity contribution in [3.8, 4) is 5.75 Å². The van der Waals surface area contributed by atoms with Gasteiger partial charge in [-0.2, -0.15) is 0 Å². The van der Waals surface area contributed by atoms with E-state index in [1.807, 2.05) is 25.1 Å². The van der Waals surface area contributed by atoms with Crippen LogP contribution in [0.3, 0.4) is 0 Å². The van der Waals surface area contributed by atoms with E-state index in [1.54, 1.807) is 19.0 Å². The number of nitrogens with zero attached hydrogens (tertiary/aromatic N) is 2. The summed E-state index contributed by atoms with van der Waals surface area (Å²) in [6.07, 6.45) is 0.993. The molecule has 0 saturated carbocycles. The number of hydrogen-bond acceptors (Lipinski definition) is 4. The molecule has 5 heteroatoms. The van der Waals surface area contributed by atoms with Crippen molar-refractivity contribution < 1.29 is 9.53 Å². The lowest BCUT2D eigenvalue weighted by molar-refractivity contribution is -0.130. The van der Waals surface area contributed by atoms with Crippen molar-refractivity contribution in [2.24, 2.45) is 0 Å². The van der Waals surface area contributed by atoms with Gasteiger partial charge in [-0.25, -0.2) is 0 Å². The molecule has 0 heterocycles. The monoisotopic (exact) mass is 293 g/mol. The van der Waals surface area contributed by atoms with Gasteiger partial charge in [-0.3, -0.25) is 9.69 Å². The molecule has 1 aromatic rings. The minimum atomic E-state index is 0.102. The van der Waals surface area contributed by atoms with Gasteiger partial charge in [0, 0.05) is 31.9 Å². The van der Waals surface area contributed by atoms with Crippen molar-refractivity contribution in [3.05, 3.63) is 23.8 Å². The molecule has 0 radical (unpaired) electrons. The van der Waals surface area contributed by atoms with Crippen LogP contribution >= 0.6 is 0 Å². The lowest BCUT2D eigenvalue weighted by atomic mass is 10.1. The molecular weight excluding hydrogens is 266 g/mol. The molecule has 0 aliphatic rings. The maximum atomic E-state index is 11.9. The Morgan fingerprint density at radius 3 is 2.57 bits per heavy atom. The first-order chi connectivity index (χ1) is 9.97. The van der Waals surface area contributed by atoms with Gasteiger partial charge in [-0.1, -0.05) is 6.92 Å². The number of nitrogen functional groups attached to an aromatic ring is 1. The normalized spacial score (nSPS) is 10.7. The predicted octanol–water partition coefficient (Wildman–Crippen LogP) is 1.97. The average Bonchev–Trinajstić information content (AvgIpc) is 2.42. The third kappa shape index (κ3) is 5.63. The van der Waals surface area contributed by atoms with E-state index < -0.39 is 0 Å². The van der Waals surface area contributed by atoms with Crippen molar-refractivity contribution in [1.82, 2.24) is 9.80 Å². The first-order valence-electron chi connectivity index (χ1n) is 7.41. The fourth-order valence-electron chi connectivity index (χ4n) is 2.12. The summed E-state index contributed by atoms with van der Waals surface area (Å²) >= 11 is 0. The van der Waals surface area contributed by atoms with Gasteiger partial charge < -0.3 is 15.4 Å². The highest BCUT2D eigenvalue weighted by atomic mass is 16.5. The Kier molecular flexibility index (Phi) is 7.02. The second kappa shape index (κ2) is 8.52. The van der Waals surface area contributed by atoms with Gasteiger partial charge in [0.15, 0.2) is 0 Å². The third-order valence-corrected chi connectivity index (χ3v) is 3.18. The Morgan fingerprint density at radius 2 is 2.00 bits per heavy atom. The Morgan fingerprint density at radius 1 is 1.29 bits per heavy atom. The van der Waals surface area contributed by atoms with Crippen molar-refractivity contribution >= 4 is 11.6 Å². The number of ether oxygens (including phenoxy) is 1. The number of nitrogens with two attached hydrogens (primary N) is 1. The molecule has 0 aromatic heterocycles. The van der Waals surface area contributed by atoms with Crippen LogP contribution in [0.15, 0.2) is 18.2 Å². The number of benzene rings is 1. The zero-order valence-electron chi connectivity index (χ0n) is 13.6. The zero-order valence-corrected chi connectivity index (χ0v) is 13.6. The largest absolute Gasteiger partial charge is 0.494 e. The number of anilines is 1. The lowest BCUT2D eigenvalue weighted by Crippen LogP contribution is -2.36. The van der Waals surface area contributed by atoms with E-state index in [4.69, 9.17) is 10.5 Å². The summed E-state index contributed by atoms with van der Waals surface area (Å²) in [5.74, 6) is 0.940. The maximum Gasteiger partial charge on any atom is 0.236 e. The Labute approximate surface area is 127 Å². The van der Waals surface area contributed by atoms with Gasteiger partial charge in [0.05, 0.1) is 13.2 Å². The summed E-state index contributed by atoms with van der Waals surface area (Å²) in [5.41, 5.74) is 7.61. The van der Waals surface area contributed by atoms with Crippen LogP contribution < -0.4 is 10.5 Å². The summed E-state index contributed by atoms with van der Waals surface area (Å²) in [4.78, 5) is 15.7. The number of carbonyl (C=O) groups is 1. The Hall–Kier alpha value is -1.75. The molecule has 0 spiro atoms. The lowest BCUT2D eigenvalue weighted by Gasteiger charge is -2.24. The van der Waals surface area contributed by atoms with Gasteiger partial charge in [-0.15, -0.1) is 0 Å². The van der Waals surface area contributed by atoms with Crippen LogP contribution in [-0.4, -0.2) is 49.5 Å². The highest BCUT2D eigenvalue weighted by Crippen LogP contribution is 2.23. The third-order valence-electron chi connectivity index (χ3n) is 3.18. The van der Waals surface area contributed by atoms with Crippen molar-refractivity contribution in [2.75, 3.05) is 39.5 Å². The van der Waals surface area contributed by atoms with Gasteiger partial charge in [0.1, 0.15) is 5.75 Å². The number of carbonyl (C=O) groups excluding carboxylic acids is 1. The van der Waals surface area contributed by atoms with E-state index >= 15 is 0 Å². The number of amides is 1. The summed E-state index contributed by atoms with van der Waals surface area (Å²) in [6.45, 7) is 6.60. The molecule has 1 rings (SSSR count). The first-order valence-corrected chi connectivity index (χ1v) is 7.41. The van der Waals surface area contributed by atoms with E-state index in [9.17, 15) is 4.79 Å². The molecule has 1 amide bonds. The van der Waals surface area contributed by atoms with E-state index in [0.717, 1.165) is 24.3 Å². The highest BCUT2D eigenvalue weighted by Gasteiger charge is 2.14. The standard InChI is InChI=1S/C16H27N3O2/c1-5-9-19(12-16(20)18(3)4)11-13-10-14(17)7-8-15(13)21-6-2/h7-8,10H,5-6,9,11-12,17H2,1-4H3. The molecule has 2 N–H and O–H groups in total. The van der Waals surface area contributed by atoms with Crippen LogP contribution in [0.5, 0.6) is 5.75 Å². The van der Waals surface area contributed by atoms with Crippen molar-refractivity contribution in [2.45, 2.75) is 26.8 Å². The number of hydrogen-bond donors (Lipinski definition) is 1. The first kappa shape index (κ1) is 17.3. The molecule has 0 aliphatic carbocycles. The molecule has 5 nitrogen and oxygen atoms in total. The second-order valence-electron chi connectivity index (χ2n) is 5.30. The van der Waals surface area contributed by atoms with Crippen LogP contribution in [0.1, 0.15) is 25.8 Å². The molecule has 0 bridgehead atoms. The fourth-order valence-corrected chi connectivity index (χ4v) is 2.12. The Bertz CT molecular complexity index is 461. The molecule has 0 fully saturated rings. The van der Waals surface area contributed by atoms with E-state index in [0.29, 0.717) is 25.4 Å². The smallest absolute Gasteiger partial charge is 0.236 e. The molecule has 21 heavy (non-hydrogen) atoms. The molecule has 0 unspecified atom stereocenters. The van der Waals surface area contributed by atoms with Crippen LogP contribution in [0.25, 0.3) is 0 Å². The highest BCUT2D eigenvalue weighted by molar-refractivity contribution is 5.77. The predicted molar refractivity (Wildman–Crippen MR) is 86.3 cm³/mol. The molecule has 0 saturated heterocycles. The quantitative estimate of drug-likeness (QED) is 0.745. The molecule has 1 aromatic carbocycles. The minimum Gasteiger partial charge on any atom is -0.494 e. The van der Waals surface area contributed by atoms with Gasteiger partial charge in [0.2, 0.25) is 5.91 Å². The second-order valence-corrected chi connectivity index (χ2v) is 5.30. The van der Waals surface area contributed by atoms with Crippen LogP contribution in [0.2, 0.25) is 0 Å². The summed E-state index contributed by atoms with van der Waals surface area (Å²) < 4.78 is 5.65. The van der Waals surface area contributed by atoms with Crippen LogP contribution in [0, 0.1) is 0 Å². The topological polar surface area (TPSA) is 58.8 Å². The van der Waals surface area contributed by atoms with Gasteiger partial charge >= 0.3 is 0 Å². The zero-order chi connectivity index (χ0) is 15.8. The Balaban J connectivity index is 2.87. The summed E-state index contributed by atoms with van der Waals surface area (Å²) in [7, 11) is 3.55. The van der Waals surface area contributed by atoms with E-state index in [-0.39, 0.29) is 5.91 Å². The van der Waals surface area contributed by atoms with E-state index in [1.165, 1.54) is 0 Å². The molecule has 0 atom stereocenters. The van der Waals surface area contributed by atoms with Gasteiger partial charge in [0.25, 0.3) is 0 Å². The van der Waals surface area contributed by atoms with Crippen LogP contribution in [-0.2, 0) is 11.3 Å². The average molecular weight is 293 g/mol. The fraction of sp³-hybridized carbons (Fsp3) is 0.562. The number of rotatable bonds is 8.